The van der Waals surface area contributed by atoms with Crippen molar-refractivity contribution in [3.63, 3.8) is 0 Å². The van der Waals surface area contributed by atoms with E-state index in [1.165, 1.54) is 54.4 Å². The summed E-state index contributed by atoms with van der Waals surface area (Å²) in [6, 6.07) is 7.17. The summed E-state index contributed by atoms with van der Waals surface area (Å²) >= 11 is 0. The van der Waals surface area contributed by atoms with Crippen molar-refractivity contribution in [2.45, 2.75) is 6.04 Å². The molecular weight excluding hydrogens is 333 g/mol. The molecule has 3 rings (SSSR count). The van der Waals surface area contributed by atoms with E-state index in [0.717, 1.165) is 6.07 Å². The number of aliphatic hydroxyl groups excluding tert-OH is 1. The van der Waals surface area contributed by atoms with E-state index < -0.39 is 23.5 Å². The molecule has 7 heteroatoms. The normalized spacial score (nSPS) is 12.2. The molecule has 4 nitrogen and oxygen atoms in total. The van der Waals surface area contributed by atoms with E-state index in [9.17, 15) is 18.3 Å². The first-order chi connectivity index (χ1) is 12.1. The van der Waals surface area contributed by atoms with E-state index in [2.05, 4.69) is 4.98 Å². The maximum atomic E-state index is 14.4. The molecule has 0 spiro atoms. The Morgan fingerprint density at radius 1 is 1.12 bits per heavy atom. The van der Waals surface area contributed by atoms with Gasteiger partial charge in [-0.3, -0.25) is 0 Å². The Labute approximate surface area is 142 Å². The molecule has 0 saturated heterocycles. The van der Waals surface area contributed by atoms with Gasteiger partial charge in [-0.05, 0) is 29.8 Å². The Balaban J connectivity index is 2.15. The Bertz CT molecular complexity index is 879. The summed E-state index contributed by atoms with van der Waals surface area (Å²) in [6.45, 7) is -0.339. The second-order valence-corrected chi connectivity index (χ2v) is 5.35. The summed E-state index contributed by atoms with van der Waals surface area (Å²) in [7, 11) is 1.34. The molecule has 25 heavy (non-hydrogen) atoms. The topological polar surface area (TPSA) is 47.3 Å². The lowest BCUT2D eigenvalue weighted by atomic mass is 10.1. The fourth-order valence-corrected chi connectivity index (χ4v) is 2.71. The van der Waals surface area contributed by atoms with Crippen molar-refractivity contribution < 1.29 is 23.0 Å². The zero-order chi connectivity index (χ0) is 18.0. The van der Waals surface area contributed by atoms with Gasteiger partial charge in [-0.1, -0.05) is 12.1 Å². The van der Waals surface area contributed by atoms with Crippen LogP contribution in [-0.2, 0) is 0 Å². The van der Waals surface area contributed by atoms with Gasteiger partial charge < -0.3 is 14.4 Å². The average molecular weight is 348 g/mol. The highest BCUT2D eigenvalue weighted by atomic mass is 19.2. The molecule has 0 amide bonds. The van der Waals surface area contributed by atoms with Crippen molar-refractivity contribution in [1.82, 2.24) is 9.55 Å². The molecule has 2 aromatic carbocycles. The first-order valence-corrected chi connectivity index (χ1v) is 7.48. The van der Waals surface area contributed by atoms with Gasteiger partial charge in [0.05, 0.1) is 25.3 Å². The number of aromatic nitrogens is 2. The third kappa shape index (κ3) is 3.10. The SMILES string of the molecule is COc1ccc(F)c(F)c1-c1nccn1C(CO)c1ccc(F)cc1. The predicted molar refractivity (Wildman–Crippen MR) is 85.8 cm³/mol. The molecule has 1 atom stereocenters. The smallest absolute Gasteiger partial charge is 0.173 e. The summed E-state index contributed by atoms with van der Waals surface area (Å²) in [5, 5.41) is 9.80. The van der Waals surface area contributed by atoms with Crippen molar-refractivity contribution in [3.05, 3.63) is 71.8 Å². The van der Waals surface area contributed by atoms with Crippen LogP contribution in [0.4, 0.5) is 13.2 Å². The molecule has 130 valence electrons. The number of hydrogen-bond acceptors (Lipinski definition) is 3. The highest BCUT2D eigenvalue weighted by Crippen LogP contribution is 2.35. The van der Waals surface area contributed by atoms with E-state index in [1.54, 1.807) is 0 Å². The molecule has 1 unspecified atom stereocenters. The van der Waals surface area contributed by atoms with Crippen LogP contribution in [0, 0.1) is 17.5 Å². The van der Waals surface area contributed by atoms with E-state index in [0.29, 0.717) is 5.56 Å². The summed E-state index contributed by atoms with van der Waals surface area (Å²) in [5.74, 6) is -2.33. The number of imidazole rings is 1. The van der Waals surface area contributed by atoms with E-state index in [-0.39, 0.29) is 23.7 Å². The van der Waals surface area contributed by atoms with Crippen LogP contribution in [0.15, 0.2) is 48.8 Å². The van der Waals surface area contributed by atoms with Crippen molar-refractivity contribution >= 4 is 0 Å². The molecule has 1 N–H and O–H groups in total. The fourth-order valence-electron chi connectivity index (χ4n) is 2.71. The number of halogens is 3. The molecule has 0 saturated carbocycles. The number of benzene rings is 2. The van der Waals surface area contributed by atoms with Gasteiger partial charge >= 0.3 is 0 Å². The Kier molecular flexibility index (Phi) is 4.76. The molecule has 0 radical (unpaired) electrons. The number of rotatable bonds is 5. The predicted octanol–water partition coefficient (Wildman–Crippen LogP) is 3.56. The third-order valence-corrected chi connectivity index (χ3v) is 3.93. The number of ether oxygens (including phenoxy) is 1. The maximum absolute atomic E-state index is 14.4. The van der Waals surface area contributed by atoms with Crippen LogP contribution < -0.4 is 4.74 Å². The van der Waals surface area contributed by atoms with Crippen molar-refractivity contribution in [2.24, 2.45) is 0 Å². The van der Waals surface area contributed by atoms with Gasteiger partial charge in [0.2, 0.25) is 0 Å². The van der Waals surface area contributed by atoms with Crippen LogP contribution >= 0.6 is 0 Å². The van der Waals surface area contributed by atoms with Gasteiger partial charge in [0, 0.05) is 12.4 Å². The standard InChI is InChI=1S/C18H15F3N2O2/c1-25-15-7-6-13(20)17(21)16(15)18-22-8-9-23(18)14(10-24)11-2-4-12(19)5-3-11/h2-9,14,24H,10H2,1H3. The minimum Gasteiger partial charge on any atom is -0.496 e. The first-order valence-electron chi connectivity index (χ1n) is 7.48. The second-order valence-electron chi connectivity index (χ2n) is 5.35. The van der Waals surface area contributed by atoms with Crippen LogP contribution in [0.3, 0.4) is 0 Å². The second kappa shape index (κ2) is 6.98. The van der Waals surface area contributed by atoms with Crippen LogP contribution in [0.1, 0.15) is 11.6 Å². The number of methoxy groups -OCH3 is 1. The van der Waals surface area contributed by atoms with Crippen molar-refractivity contribution in [3.8, 4) is 17.1 Å². The van der Waals surface area contributed by atoms with E-state index in [4.69, 9.17) is 4.74 Å². The molecular formula is C18H15F3N2O2. The number of aliphatic hydroxyl groups is 1. The van der Waals surface area contributed by atoms with Gasteiger partial charge in [-0.2, -0.15) is 0 Å². The highest BCUT2D eigenvalue weighted by Gasteiger charge is 2.24. The molecule has 0 bridgehead atoms. The fraction of sp³-hybridized carbons (Fsp3) is 0.167. The van der Waals surface area contributed by atoms with Gasteiger partial charge in [0.15, 0.2) is 11.6 Å². The monoisotopic (exact) mass is 348 g/mol. The van der Waals surface area contributed by atoms with Crippen LogP contribution in [0.2, 0.25) is 0 Å². The molecule has 1 heterocycles. The molecule has 0 aliphatic heterocycles. The lowest BCUT2D eigenvalue weighted by Crippen LogP contribution is -2.16. The zero-order valence-electron chi connectivity index (χ0n) is 13.3. The summed E-state index contributed by atoms with van der Waals surface area (Å²) in [6.07, 6.45) is 2.94. The van der Waals surface area contributed by atoms with Crippen LogP contribution in [0.25, 0.3) is 11.4 Å². The Hall–Kier alpha value is -2.80. The largest absolute Gasteiger partial charge is 0.496 e. The molecule has 0 aliphatic rings. The average Bonchev–Trinajstić information content (AvgIpc) is 3.08. The van der Waals surface area contributed by atoms with E-state index >= 15 is 0 Å². The lowest BCUT2D eigenvalue weighted by Gasteiger charge is -2.20. The summed E-state index contributed by atoms with van der Waals surface area (Å²) in [5.41, 5.74) is 0.451. The van der Waals surface area contributed by atoms with Gasteiger partial charge in [0.1, 0.15) is 17.4 Å². The first kappa shape index (κ1) is 17.0. The van der Waals surface area contributed by atoms with Crippen molar-refractivity contribution in [2.75, 3.05) is 13.7 Å². The van der Waals surface area contributed by atoms with Crippen LogP contribution in [-0.4, -0.2) is 28.4 Å². The van der Waals surface area contributed by atoms with Gasteiger partial charge in [-0.15, -0.1) is 0 Å². The maximum Gasteiger partial charge on any atom is 0.173 e. The molecule has 3 aromatic rings. The lowest BCUT2D eigenvalue weighted by molar-refractivity contribution is 0.250. The zero-order valence-corrected chi connectivity index (χ0v) is 13.3. The Morgan fingerprint density at radius 3 is 2.48 bits per heavy atom. The highest BCUT2D eigenvalue weighted by molar-refractivity contribution is 5.66. The Morgan fingerprint density at radius 2 is 1.84 bits per heavy atom. The van der Waals surface area contributed by atoms with Gasteiger partial charge in [0.25, 0.3) is 0 Å². The third-order valence-electron chi connectivity index (χ3n) is 3.93. The summed E-state index contributed by atoms with van der Waals surface area (Å²) < 4.78 is 47.9. The van der Waals surface area contributed by atoms with Crippen LogP contribution in [0.5, 0.6) is 5.75 Å². The summed E-state index contributed by atoms with van der Waals surface area (Å²) in [4.78, 5) is 4.10. The molecule has 0 aliphatic carbocycles. The van der Waals surface area contributed by atoms with Crippen molar-refractivity contribution in [1.29, 1.82) is 0 Å². The van der Waals surface area contributed by atoms with E-state index in [1.807, 2.05) is 0 Å². The molecule has 1 aromatic heterocycles. The minimum absolute atomic E-state index is 0.0947. The number of nitrogens with zero attached hydrogens (tertiary/aromatic N) is 2. The minimum atomic E-state index is -1.09. The van der Waals surface area contributed by atoms with Gasteiger partial charge in [-0.25, -0.2) is 18.2 Å². The number of hydrogen-bond donors (Lipinski definition) is 1. The molecule has 0 fully saturated rings. The quantitative estimate of drug-likeness (QED) is 0.767.